The van der Waals surface area contributed by atoms with Gasteiger partial charge in [0.2, 0.25) is 5.78 Å². The van der Waals surface area contributed by atoms with E-state index in [9.17, 15) is 4.79 Å². The van der Waals surface area contributed by atoms with Gasteiger partial charge in [-0.2, -0.15) is 0 Å². The van der Waals surface area contributed by atoms with Crippen LogP contribution in [0.5, 0.6) is 0 Å². The molecule has 0 heterocycles. The van der Waals surface area contributed by atoms with E-state index in [1.807, 2.05) is 0 Å². The highest BCUT2D eigenvalue weighted by molar-refractivity contribution is 5.95. The third kappa shape index (κ3) is 5.17. The molecule has 0 aliphatic carbocycles. The second-order valence-corrected chi connectivity index (χ2v) is 2.12. The van der Waals surface area contributed by atoms with Crippen LogP contribution >= 0.6 is 0 Å². The Morgan fingerprint density at radius 2 is 2.20 bits per heavy atom. The molecule has 1 N–H and O–H groups in total. The van der Waals surface area contributed by atoms with E-state index in [2.05, 4.69) is 12.8 Å². The van der Waals surface area contributed by atoms with Gasteiger partial charge in [0, 0.05) is 12.3 Å². The first-order valence-electron chi connectivity index (χ1n) is 3.49. The molecule has 0 fully saturated rings. The summed E-state index contributed by atoms with van der Waals surface area (Å²) in [6.07, 6.45) is 5.10. The van der Waals surface area contributed by atoms with Crippen LogP contribution in [0, 0.1) is 12.0 Å². The zero-order valence-corrected chi connectivity index (χ0v) is 6.18. The molecule has 0 unspecified atom stereocenters. The lowest BCUT2D eigenvalue weighted by Gasteiger charge is -1.90. The van der Waals surface area contributed by atoms with E-state index in [0.717, 1.165) is 19.3 Å². The third-order valence-corrected chi connectivity index (χ3v) is 1.20. The fourth-order valence-corrected chi connectivity index (χ4v) is 0.660. The summed E-state index contributed by atoms with van der Waals surface area (Å²) < 4.78 is 0. The van der Waals surface area contributed by atoms with E-state index >= 15 is 0 Å². The van der Waals surface area contributed by atoms with Crippen molar-refractivity contribution in [3.05, 3.63) is 0 Å². The molecule has 0 saturated carbocycles. The molecule has 0 saturated heterocycles. The standard InChI is InChI=1S/C8H12O2/c1-2-3-4-5-8(10)6-7-9/h9H,2-5H2,1H3. The molecule has 2 nitrogen and oxygen atoms in total. The molecule has 0 amide bonds. The van der Waals surface area contributed by atoms with Crippen molar-refractivity contribution in [2.75, 3.05) is 0 Å². The summed E-state index contributed by atoms with van der Waals surface area (Å²) in [4.78, 5) is 10.6. The van der Waals surface area contributed by atoms with Gasteiger partial charge in [0.05, 0.1) is 0 Å². The lowest BCUT2D eigenvalue weighted by atomic mass is 10.1. The van der Waals surface area contributed by atoms with Crippen LogP contribution in [0.25, 0.3) is 0 Å². The number of rotatable bonds is 4. The van der Waals surface area contributed by atoms with Crippen molar-refractivity contribution in [2.45, 2.75) is 32.6 Å². The second-order valence-electron chi connectivity index (χ2n) is 2.12. The van der Waals surface area contributed by atoms with Crippen LogP contribution in [-0.2, 0) is 4.79 Å². The van der Waals surface area contributed by atoms with Crippen molar-refractivity contribution in [2.24, 2.45) is 0 Å². The van der Waals surface area contributed by atoms with Crippen LogP contribution in [0.15, 0.2) is 0 Å². The summed E-state index contributed by atoms with van der Waals surface area (Å²) in [5.41, 5.74) is 0. The minimum Gasteiger partial charge on any atom is -0.462 e. The number of carbonyl (C=O) groups is 1. The van der Waals surface area contributed by atoms with Gasteiger partial charge in [0.15, 0.2) is 0 Å². The Bertz CT molecular complexity index is 150. The zero-order valence-electron chi connectivity index (χ0n) is 6.18. The highest BCUT2D eigenvalue weighted by Crippen LogP contribution is 1.98. The summed E-state index contributed by atoms with van der Waals surface area (Å²) >= 11 is 0. The third-order valence-electron chi connectivity index (χ3n) is 1.20. The summed E-state index contributed by atoms with van der Waals surface area (Å²) in [5.74, 6) is 1.90. The number of ketones is 1. The maximum Gasteiger partial charge on any atom is 0.208 e. The molecule has 0 atom stereocenters. The predicted octanol–water partition coefficient (Wildman–Crippen LogP) is 1.47. The largest absolute Gasteiger partial charge is 0.462 e. The molecule has 10 heavy (non-hydrogen) atoms. The molecule has 0 aromatic rings. The summed E-state index contributed by atoms with van der Waals surface area (Å²) in [5, 5.41) is 8.01. The van der Waals surface area contributed by atoms with E-state index in [1.165, 1.54) is 0 Å². The minimum absolute atomic E-state index is 0.170. The SMILES string of the molecule is CCCCCC(=O)C#CO. The fourth-order valence-electron chi connectivity index (χ4n) is 0.660. The van der Waals surface area contributed by atoms with Crippen LogP contribution in [0.1, 0.15) is 32.6 Å². The topological polar surface area (TPSA) is 37.3 Å². The Balaban J connectivity index is 3.28. The molecule has 56 valence electrons. The Labute approximate surface area is 61.2 Å². The first-order chi connectivity index (χ1) is 4.81. The Morgan fingerprint density at radius 3 is 2.70 bits per heavy atom. The highest BCUT2D eigenvalue weighted by atomic mass is 16.2. The van der Waals surface area contributed by atoms with Gasteiger partial charge < -0.3 is 5.11 Å². The van der Waals surface area contributed by atoms with Gasteiger partial charge in [0.25, 0.3) is 0 Å². The van der Waals surface area contributed by atoms with Crippen molar-refractivity contribution in [3.8, 4) is 12.0 Å². The number of aliphatic hydroxyl groups excluding tert-OH is 1. The van der Waals surface area contributed by atoms with Crippen LogP contribution in [-0.4, -0.2) is 10.9 Å². The number of Topliss-reactive ketones (excluding diaryl/α,β-unsaturated/α-hetero) is 1. The lowest BCUT2D eigenvalue weighted by Crippen LogP contribution is -1.92. The molecule has 0 bridgehead atoms. The van der Waals surface area contributed by atoms with Gasteiger partial charge in [-0.05, 0) is 6.42 Å². The number of hydrogen-bond donors (Lipinski definition) is 1. The predicted molar refractivity (Wildman–Crippen MR) is 38.9 cm³/mol. The molecule has 0 rings (SSSR count). The second kappa shape index (κ2) is 6.15. The van der Waals surface area contributed by atoms with Crippen LogP contribution in [0.3, 0.4) is 0 Å². The van der Waals surface area contributed by atoms with Crippen molar-refractivity contribution in [1.29, 1.82) is 0 Å². The molecule has 0 aliphatic rings. The maximum atomic E-state index is 10.6. The molecule has 0 spiro atoms. The van der Waals surface area contributed by atoms with Crippen LogP contribution < -0.4 is 0 Å². The lowest BCUT2D eigenvalue weighted by molar-refractivity contribution is -0.113. The molecular weight excluding hydrogens is 128 g/mol. The van der Waals surface area contributed by atoms with Crippen molar-refractivity contribution in [3.63, 3.8) is 0 Å². The van der Waals surface area contributed by atoms with Gasteiger partial charge in [-0.3, -0.25) is 4.79 Å². The maximum absolute atomic E-state index is 10.6. The van der Waals surface area contributed by atoms with Crippen molar-refractivity contribution < 1.29 is 9.90 Å². The van der Waals surface area contributed by atoms with Crippen LogP contribution in [0.2, 0.25) is 0 Å². The summed E-state index contributed by atoms with van der Waals surface area (Å²) in [6, 6.07) is 0. The quantitative estimate of drug-likeness (QED) is 0.474. The van der Waals surface area contributed by atoms with E-state index < -0.39 is 0 Å². The first kappa shape index (κ1) is 9.03. The Kier molecular flexibility index (Phi) is 5.56. The van der Waals surface area contributed by atoms with Gasteiger partial charge in [0.1, 0.15) is 6.11 Å². The van der Waals surface area contributed by atoms with Gasteiger partial charge in [-0.15, -0.1) is 0 Å². The smallest absolute Gasteiger partial charge is 0.208 e. The minimum atomic E-state index is -0.170. The van der Waals surface area contributed by atoms with E-state index in [4.69, 9.17) is 5.11 Å². The molecule has 2 heteroatoms. The van der Waals surface area contributed by atoms with Gasteiger partial charge in [-0.25, -0.2) is 0 Å². The molecule has 0 radical (unpaired) electrons. The number of aliphatic hydroxyl groups is 1. The Morgan fingerprint density at radius 1 is 1.50 bits per heavy atom. The van der Waals surface area contributed by atoms with E-state index in [0.29, 0.717) is 6.42 Å². The average molecular weight is 140 g/mol. The van der Waals surface area contributed by atoms with Crippen molar-refractivity contribution >= 4 is 5.78 Å². The summed E-state index contributed by atoms with van der Waals surface area (Å²) in [6.45, 7) is 2.07. The zero-order chi connectivity index (χ0) is 7.82. The normalized spacial score (nSPS) is 8.10. The average Bonchev–Trinajstić information content (AvgIpc) is 1.89. The highest BCUT2D eigenvalue weighted by Gasteiger charge is 1.94. The monoisotopic (exact) mass is 140 g/mol. The molecular formula is C8H12O2. The van der Waals surface area contributed by atoms with E-state index in [-0.39, 0.29) is 5.78 Å². The molecule has 0 aromatic carbocycles. The number of carbonyl (C=O) groups excluding carboxylic acids is 1. The van der Waals surface area contributed by atoms with E-state index in [1.54, 1.807) is 6.11 Å². The van der Waals surface area contributed by atoms with Gasteiger partial charge in [-0.1, -0.05) is 19.8 Å². The van der Waals surface area contributed by atoms with Gasteiger partial charge >= 0.3 is 0 Å². The van der Waals surface area contributed by atoms with Crippen molar-refractivity contribution in [1.82, 2.24) is 0 Å². The Hall–Kier alpha value is -0.970. The first-order valence-corrected chi connectivity index (χ1v) is 3.49. The number of unbranched alkanes of at least 4 members (excludes halogenated alkanes) is 2. The number of hydrogen-bond acceptors (Lipinski definition) is 2. The summed E-state index contributed by atoms with van der Waals surface area (Å²) in [7, 11) is 0. The molecule has 0 aliphatic heterocycles. The van der Waals surface area contributed by atoms with Crippen LogP contribution in [0.4, 0.5) is 0 Å². The fraction of sp³-hybridized carbons (Fsp3) is 0.625. The molecule has 0 aromatic heterocycles.